The third-order valence-corrected chi connectivity index (χ3v) is 7.09. The number of aliphatic hydroxyl groups excluding tert-OH is 4. The van der Waals surface area contributed by atoms with E-state index in [0.717, 1.165) is 16.9 Å². The van der Waals surface area contributed by atoms with Crippen LogP contribution in [0, 0.1) is 0 Å². The molecule has 196 valence electrons. The van der Waals surface area contributed by atoms with Crippen molar-refractivity contribution in [3.8, 4) is 11.5 Å². The Morgan fingerprint density at radius 2 is 1.70 bits per heavy atom. The first-order chi connectivity index (χ1) is 18.0. The second-order valence-corrected chi connectivity index (χ2v) is 9.45. The Morgan fingerprint density at radius 3 is 2.46 bits per heavy atom. The van der Waals surface area contributed by atoms with E-state index in [4.69, 9.17) is 18.9 Å². The molecule has 2 heterocycles. The molecule has 0 aliphatic carbocycles. The Balaban J connectivity index is 1.27. The molecule has 0 radical (unpaired) electrons. The SMILES string of the molecule is COc1ccc([C@@H]2O[C@H](CO)C(O)[C@H](O)[C@H]2O)cc1Cc1ccc(OCC2OCc3ccccc32)cc1. The van der Waals surface area contributed by atoms with Crippen molar-refractivity contribution in [2.45, 2.75) is 49.7 Å². The predicted molar refractivity (Wildman–Crippen MR) is 134 cm³/mol. The van der Waals surface area contributed by atoms with Crippen LogP contribution in [0.5, 0.6) is 11.5 Å². The van der Waals surface area contributed by atoms with E-state index in [1.165, 1.54) is 11.1 Å². The fourth-order valence-corrected chi connectivity index (χ4v) is 4.98. The molecule has 37 heavy (non-hydrogen) atoms. The summed E-state index contributed by atoms with van der Waals surface area (Å²) in [5, 5.41) is 40.3. The number of benzene rings is 3. The molecule has 0 saturated carbocycles. The van der Waals surface area contributed by atoms with Crippen molar-refractivity contribution in [3.05, 3.63) is 94.5 Å². The van der Waals surface area contributed by atoms with Crippen molar-refractivity contribution < 1.29 is 39.4 Å². The van der Waals surface area contributed by atoms with Crippen LogP contribution in [-0.2, 0) is 22.5 Å². The highest BCUT2D eigenvalue weighted by atomic mass is 16.5. The number of rotatable bonds is 8. The Labute approximate surface area is 215 Å². The zero-order valence-electron chi connectivity index (χ0n) is 20.6. The number of fused-ring (bicyclic) bond motifs is 1. The van der Waals surface area contributed by atoms with Crippen molar-refractivity contribution in [1.82, 2.24) is 0 Å². The lowest BCUT2D eigenvalue weighted by molar-refractivity contribution is -0.231. The number of hydrogen-bond donors (Lipinski definition) is 4. The molecule has 3 aromatic rings. The van der Waals surface area contributed by atoms with Crippen LogP contribution in [0.4, 0.5) is 0 Å². The van der Waals surface area contributed by atoms with Gasteiger partial charge in [-0.25, -0.2) is 0 Å². The van der Waals surface area contributed by atoms with Crippen LogP contribution < -0.4 is 9.47 Å². The summed E-state index contributed by atoms with van der Waals surface area (Å²) in [4.78, 5) is 0. The molecular formula is C29H32O8. The minimum Gasteiger partial charge on any atom is -0.496 e. The van der Waals surface area contributed by atoms with Gasteiger partial charge in [-0.3, -0.25) is 0 Å². The van der Waals surface area contributed by atoms with Gasteiger partial charge in [-0.15, -0.1) is 0 Å². The molecule has 1 saturated heterocycles. The van der Waals surface area contributed by atoms with E-state index in [0.29, 0.717) is 30.9 Å². The van der Waals surface area contributed by atoms with Crippen molar-refractivity contribution >= 4 is 0 Å². The predicted octanol–water partition coefficient (Wildman–Crippen LogP) is 2.45. The maximum Gasteiger partial charge on any atom is 0.122 e. The Bertz CT molecular complexity index is 1190. The largest absolute Gasteiger partial charge is 0.496 e. The van der Waals surface area contributed by atoms with Gasteiger partial charge >= 0.3 is 0 Å². The van der Waals surface area contributed by atoms with Gasteiger partial charge in [0, 0.05) is 6.42 Å². The average Bonchev–Trinajstić information content (AvgIpc) is 3.35. The van der Waals surface area contributed by atoms with Crippen molar-refractivity contribution in [1.29, 1.82) is 0 Å². The molecule has 3 aromatic carbocycles. The summed E-state index contributed by atoms with van der Waals surface area (Å²) in [6, 6.07) is 21.4. The van der Waals surface area contributed by atoms with Gasteiger partial charge in [-0.05, 0) is 52.1 Å². The standard InChI is InChI=1S/C29H32O8/c1-34-23-11-8-18(29-28(33)27(32)26(31)24(14-30)37-29)13-20(23)12-17-6-9-21(10-7-17)35-16-25-22-5-3-2-4-19(22)15-36-25/h2-11,13,24-33H,12,14-16H2,1H3/t24-,25?,26?,27+,28-,29+/m1/s1. The summed E-state index contributed by atoms with van der Waals surface area (Å²) >= 11 is 0. The van der Waals surface area contributed by atoms with E-state index in [1.54, 1.807) is 19.2 Å². The van der Waals surface area contributed by atoms with Gasteiger partial charge in [-0.1, -0.05) is 42.5 Å². The molecule has 0 bridgehead atoms. The van der Waals surface area contributed by atoms with Crippen LogP contribution in [0.3, 0.4) is 0 Å². The lowest BCUT2D eigenvalue weighted by atomic mass is 9.90. The molecule has 2 aliphatic heterocycles. The number of methoxy groups -OCH3 is 1. The van der Waals surface area contributed by atoms with E-state index in [9.17, 15) is 20.4 Å². The summed E-state index contributed by atoms with van der Waals surface area (Å²) < 4.78 is 23.1. The molecule has 1 fully saturated rings. The molecule has 8 heteroatoms. The summed E-state index contributed by atoms with van der Waals surface area (Å²) in [6.45, 7) is 0.566. The first-order valence-corrected chi connectivity index (χ1v) is 12.4. The van der Waals surface area contributed by atoms with Crippen LogP contribution in [0.1, 0.15) is 40.0 Å². The average molecular weight is 509 g/mol. The zero-order valence-corrected chi connectivity index (χ0v) is 20.6. The van der Waals surface area contributed by atoms with E-state index >= 15 is 0 Å². The molecule has 0 spiro atoms. The normalized spacial score (nSPS) is 27.1. The third-order valence-electron chi connectivity index (χ3n) is 7.09. The fraction of sp³-hybridized carbons (Fsp3) is 0.379. The maximum absolute atomic E-state index is 10.5. The first kappa shape index (κ1) is 25.7. The van der Waals surface area contributed by atoms with E-state index in [1.807, 2.05) is 42.5 Å². The Hall–Kier alpha value is -2.98. The lowest BCUT2D eigenvalue weighted by Gasteiger charge is -2.40. The molecule has 0 aromatic heterocycles. The van der Waals surface area contributed by atoms with Gasteiger partial charge < -0.3 is 39.4 Å². The summed E-state index contributed by atoms with van der Waals surface area (Å²) in [6.07, 6.45) is -5.57. The van der Waals surface area contributed by atoms with Gasteiger partial charge in [0.2, 0.25) is 0 Å². The van der Waals surface area contributed by atoms with Gasteiger partial charge in [0.05, 0.1) is 20.3 Å². The number of ether oxygens (including phenoxy) is 4. The van der Waals surface area contributed by atoms with Crippen LogP contribution in [-0.4, -0.2) is 65.2 Å². The van der Waals surface area contributed by atoms with Crippen molar-refractivity contribution in [3.63, 3.8) is 0 Å². The molecule has 2 aliphatic rings. The van der Waals surface area contributed by atoms with E-state index < -0.39 is 37.1 Å². The van der Waals surface area contributed by atoms with Gasteiger partial charge in [0.1, 0.15) is 54.7 Å². The highest BCUT2D eigenvalue weighted by Gasteiger charge is 2.44. The summed E-state index contributed by atoms with van der Waals surface area (Å²) in [5.74, 6) is 1.42. The Kier molecular flexibility index (Phi) is 7.76. The molecule has 8 nitrogen and oxygen atoms in total. The van der Waals surface area contributed by atoms with E-state index in [-0.39, 0.29) is 6.10 Å². The fourth-order valence-electron chi connectivity index (χ4n) is 4.98. The second-order valence-electron chi connectivity index (χ2n) is 9.45. The van der Waals surface area contributed by atoms with Crippen LogP contribution in [0.25, 0.3) is 0 Å². The monoisotopic (exact) mass is 508 g/mol. The molecule has 4 N–H and O–H groups in total. The first-order valence-electron chi connectivity index (χ1n) is 12.4. The number of hydrogen-bond acceptors (Lipinski definition) is 8. The number of aliphatic hydroxyl groups is 4. The maximum atomic E-state index is 10.5. The molecule has 0 amide bonds. The molecule has 2 unspecified atom stereocenters. The summed E-state index contributed by atoms with van der Waals surface area (Å²) in [7, 11) is 1.59. The van der Waals surface area contributed by atoms with Gasteiger partial charge in [0.25, 0.3) is 0 Å². The summed E-state index contributed by atoms with van der Waals surface area (Å²) in [5.41, 5.74) is 4.88. The molecule has 6 atom stereocenters. The minimum atomic E-state index is -1.43. The third kappa shape index (κ3) is 5.36. The van der Waals surface area contributed by atoms with Crippen LogP contribution in [0.15, 0.2) is 66.7 Å². The van der Waals surface area contributed by atoms with E-state index in [2.05, 4.69) is 12.1 Å². The van der Waals surface area contributed by atoms with Gasteiger partial charge in [-0.2, -0.15) is 0 Å². The molecular weight excluding hydrogens is 476 g/mol. The lowest BCUT2D eigenvalue weighted by Crippen LogP contribution is -2.55. The zero-order chi connectivity index (χ0) is 25.9. The highest BCUT2D eigenvalue weighted by Crippen LogP contribution is 2.35. The van der Waals surface area contributed by atoms with Crippen molar-refractivity contribution in [2.24, 2.45) is 0 Å². The molecule has 5 rings (SSSR count). The highest BCUT2D eigenvalue weighted by molar-refractivity contribution is 5.42. The Morgan fingerprint density at radius 1 is 0.919 bits per heavy atom. The topological polar surface area (TPSA) is 118 Å². The smallest absolute Gasteiger partial charge is 0.122 e. The van der Waals surface area contributed by atoms with Crippen LogP contribution >= 0.6 is 0 Å². The quantitative estimate of drug-likeness (QED) is 0.367. The van der Waals surface area contributed by atoms with Gasteiger partial charge in [0.15, 0.2) is 0 Å². The van der Waals surface area contributed by atoms with Crippen LogP contribution in [0.2, 0.25) is 0 Å². The minimum absolute atomic E-state index is 0.0784. The second kappa shape index (κ2) is 11.2. The van der Waals surface area contributed by atoms with Crippen molar-refractivity contribution in [2.75, 3.05) is 20.3 Å².